The smallest absolute Gasteiger partial charge is 0.408 e. The fourth-order valence-electron chi connectivity index (χ4n) is 3.48. The lowest BCUT2D eigenvalue weighted by atomic mass is 10.0. The van der Waals surface area contributed by atoms with Crippen molar-refractivity contribution >= 4 is 17.8 Å². The SMILES string of the molecule is O=C(O)CC(NC(=O)OCc1ccccc1)C(=O)Cn1nnc(Cc2ccccc2-c2ncc[nH]2)n1. The van der Waals surface area contributed by atoms with Crippen LogP contribution in [0.25, 0.3) is 11.4 Å². The number of aromatic nitrogens is 6. The lowest BCUT2D eigenvalue weighted by Gasteiger charge is -2.15. The number of alkyl carbamates (subject to hydrolysis) is 1. The number of Topliss-reactive ketones (excluding diaryl/α,β-unsaturated/α-hetero) is 1. The highest BCUT2D eigenvalue weighted by molar-refractivity contribution is 5.90. The molecular weight excluding hydrogens is 466 g/mol. The maximum absolute atomic E-state index is 12.8. The number of amides is 1. The molecule has 12 heteroatoms. The Morgan fingerprint density at radius 2 is 1.86 bits per heavy atom. The van der Waals surface area contributed by atoms with E-state index in [9.17, 15) is 19.5 Å². The van der Waals surface area contributed by atoms with Gasteiger partial charge in [0.05, 0.1) is 6.42 Å². The molecule has 0 saturated carbocycles. The molecule has 2 heterocycles. The van der Waals surface area contributed by atoms with Gasteiger partial charge in [0.15, 0.2) is 11.6 Å². The summed E-state index contributed by atoms with van der Waals surface area (Å²) in [4.78, 5) is 44.6. The highest BCUT2D eigenvalue weighted by atomic mass is 16.5. The summed E-state index contributed by atoms with van der Waals surface area (Å²) in [5.41, 5.74) is 2.54. The number of ketones is 1. The summed E-state index contributed by atoms with van der Waals surface area (Å²) >= 11 is 0. The number of H-pyrrole nitrogens is 1. The van der Waals surface area contributed by atoms with Crippen molar-refractivity contribution < 1.29 is 24.2 Å². The normalized spacial score (nSPS) is 11.6. The molecule has 0 fully saturated rings. The van der Waals surface area contributed by atoms with Crippen LogP contribution >= 0.6 is 0 Å². The minimum absolute atomic E-state index is 0.0197. The van der Waals surface area contributed by atoms with Gasteiger partial charge in [0.1, 0.15) is 25.0 Å². The molecule has 4 aromatic rings. The minimum Gasteiger partial charge on any atom is -0.481 e. The van der Waals surface area contributed by atoms with E-state index in [-0.39, 0.29) is 13.2 Å². The topological polar surface area (TPSA) is 165 Å². The van der Waals surface area contributed by atoms with Crippen LogP contribution in [0, 0.1) is 0 Å². The first-order valence-electron chi connectivity index (χ1n) is 11.0. The number of hydrogen-bond donors (Lipinski definition) is 3. The highest BCUT2D eigenvalue weighted by Crippen LogP contribution is 2.21. The highest BCUT2D eigenvalue weighted by Gasteiger charge is 2.25. The van der Waals surface area contributed by atoms with Crippen LogP contribution in [0.1, 0.15) is 23.4 Å². The summed E-state index contributed by atoms with van der Waals surface area (Å²) in [7, 11) is 0. The number of ether oxygens (including phenoxy) is 1. The van der Waals surface area contributed by atoms with E-state index in [0.29, 0.717) is 18.1 Å². The van der Waals surface area contributed by atoms with E-state index < -0.39 is 30.3 Å². The Hall–Kier alpha value is -4.87. The van der Waals surface area contributed by atoms with Crippen molar-refractivity contribution in [2.75, 3.05) is 0 Å². The van der Waals surface area contributed by atoms with Crippen LogP contribution in [0.4, 0.5) is 4.79 Å². The van der Waals surface area contributed by atoms with Crippen LogP contribution in [-0.2, 0) is 33.9 Å². The number of tetrazole rings is 1. The molecule has 0 radical (unpaired) electrons. The standard InChI is InChI=1S/C24H23N7O5/c32-20(19(13-22(33)34)27-24(35)36-15-16-6-2-1-3-7-16)14-31-29-21(28-30-31)12-17-8-4-5-9-18(17)23-25-10-11-26-23/h1-11,19H,12-15H2,(H,25,26)(H,27,35)(H,33,34). The third-order valence-electron chi connectivity index (χ3n) is 5.18. The van der Waals surface area contributed by atoms with Crippen LogP contribution in [-0.4, -0.2) is 59.2 Å². The molecule has 0 saturated heterocycles. The van der Waals surface area contributed by atoms with Crippen LogP contribution in [0.15, 0.2) is 67.0 Å². The number of aromatic amines is 1. The van der Waals surface area contributed by atoms with Crippen molar-refractivity contribution in [3.05, 3.63) is 83.9 Å². The average Bonchev–Trinajstić information content (AvgIpc) is 3.56. The van der Waals surface area contributed by atoms with Gasteiger partial charge in [-0.3, -0.25) is 9.59 Å². The minimum atomic E-state index is -1.32. The van der Waals surface area contributed by atoms with E-state index >= 15 is 0 Å². The Morgan fingerprint density at radius 3 is 2.61 bits per heavy atom. The molecule has 0 aliphatic heterocycles. The monoisotopic (exact) mass is 489 g/mol. The van der Waals surface area contributed by atoms with Crippen LogP contribution in [0.5, 0.6) is 0 Å². The largest absolute Gasteiger partial charge is 0.481 e. The third-order valence-corrected chi connectivity index (χ3v) is 5.18. The maximum Gasteiger partial charge on any atom is 0.408 e. The van der Waals surface area contributed by atoms with Crippen LogP contribution < -0.4 is 5.32 Å². The first-order valence-corrected chi connectivity index (χ1v) is 11.0. The van der Waals surface area contributed by atoms with Gasteiger partial charge in [-0.1, -0.05) is 54.6 Å². The van der Waals surface area contributed by atoms with Crippen molar-refractivity contribution in [3.63, 3.8) is 0 Å². The summed E-state index contributed by atoms with van der Waals surface area (Å²) in [6, 6.07) is 15.2. The quantitative estimate of drug-likeness (QED) is 0.286. The van der Waals surface area contributed by atoms with Gasteiger partial charge in [-0.15, -0.1) is 10.2 Å². The van der Waals surface area contributed by atoms with Crippen molar-refractivity contribution in [1.29, 1.82) is 0 Å². The van der Waals surface area contributed by atoms with E-state index in [1.54, 1.807) is 36.7 Å². The number of carboxylic acid groups (broad SMARTS) is 1. The molecule has 3 N–H and O–H groups in total. The van der Waals surface area contributed by atoms with E-state index in [2.05, 4.69) is 30.7 Å². The van der Waals surface area contributed by atoms with Crippen molar-refractivity contribution in [2.45, 2.75) is 32.0 Å². The zero-order valence-electron chi connectivity index (χ0n) is 19.1. The molecule has 36 heavy (non-hydrogen) atoms. The molecule has 4 rings (SSSR count). The van der Waals surface area contributed by atoms with Gasteiger partial charge in [0.25, 0.3) is 0 Å². The number of benzene rings is 2. The number of aliphatic carboxylic acids is 1. The number of imidazole rings is 1. The van der Waals surface area contributed by atoms with Crippen molar-refractivity contribution in [2.24, 2.45) is 0 Å². The molecule has 0 spiro atoms. The molecule has 2 aromatic heterocycles. The third kappa shape index (κ3) is 6.59. The summed E-state index contributed by atoms with van der Waals surface area (Å²) in [6.07, 6.45) is 2.21. The predicted molar refractivity (Wildman–Crippen MR) is 125 cm³/mol. The number of rotatable bonds is 11. The second-order valence-electron chi connectivity index (χ2n) is 7.83. The molecular formula is C24H23N7O5. The van der Waals surface area contributed by atoms with E-state index in [0.717, 1.165) is 21.5 Å². The van der Waals surface area contributed by atoms with Gasteiger partial charge in [-0.05, 0) is 16.3 Å². The van der Waals surface area contributed by atoms with Crippen molar-refractivity contribution in [1.82, 2.24) is 35.5 Å². The maximum atomic E-state index is 12.8. The van der Waals surface area contributed by atoms with Crippen LogP contribution in [0.3, 0.4) is 0 Å². The number of hydrogen-bond acceptors (Lipinski definition) is 8. The summed E-state index contributed by atoms with van der Waals surface area (Å²) in [5.74, 6) is -0.783. The van der Waals surface area contributed by atoms with Gasteiger partial charge in [-0.2, -0.15) is 4.80 Å². The van der Waals surface area contributed by atoms with Crippen LogP contribution in [0.2, 0.25) is 0 Å². The second kappa shape index (κ2) is 11.5. The predicted octanol–water partition coefficient (Wildman–Crippen LogP) is 1.99. The molecule has 0 bridgehead atoms. The van der Waals surface area contributed by atoms with Gasteiger partial charge in [0, 0.05) is 24.4 Å². The Labute approximate surface area is 205 Å². The summed E-state index contributed by atoms with van der Waals surface area (Å²) in [6.45, 7) is -0.391. The van der Waals surface area contributed by atoms with Gasteiger partial charge in [0.2, 0.25) is 0 Å². The Balaban J connectivity index is 1.37. The molecule has 0 aliphatic carbocycles. The number of nitrogens with one attached hydrogen (secondary N) is 2. The van der Waals surface area contributed by atoms with E-state index in [1.165, 1.54) is 0 Å². The zero-order valence-corrected chi connectivity index (χ0v) is 19.1. The Morgan fingerprint density at radius 1 is 1.08 bits per heavy atom. The first kappa shape index (κ1) is 24.3. The number of nitrogens with zero attached hydrogens (tertiary/aromatic N) is 5. The average molecular weight is 489 g/mol. The Bertz CT molecular complexity index is 1320. The first-order chi connectivity index (χ1) is 17.5. The summed E-state index contributed by atoms with van der Waals surface area (Å²) < 4.78 is 5.10. The van der Waals surface area contributed by atoms with Gasteiger partial charge in [-0.25, -0.2) is 9.78 Å². The fraction of sp³-hybridized carbons (Fsp3) is 0.208. The molecule has 184 valence electrons. The van der Waals surface area contributed by atoms with E-state index in [4.69, 9.17) is 4.74 Å². The second-order valence-corrected chi connectivity index (χ2v) is 7.83. The van der Waals surface area contributed by atoms with Gasteiger partial charge >= 0.3 is 12.1 Å². The van der Waals surface area contributed by atoms with Crippen molar-refractivity contribution in [3.8, 4) is 11.4 Å². The molecule has 1 amide bonds. The number of carbonyl (C=O) groups excluding carboxylic acids is 2. The van der Waals surface area contributed by atoms with Gasteiger partial charge < -0.3 is 20.1 Å². The fourth-order valence-corrected chi connectivity index (χ4v) is 3.48. The summed E-state index contributed by atoms with van der Waals surface area (Å²) in [5, 5.41) is 23.6. The molecule has 0 aliphatic rings. The van der Waals surface area contributed by atoms with E-state index in [1.807, 2.05) is 30.3 Å². The zero-order chi connectivity index (χ0) is 25.3. The molecule has 12 nitrogen and oxygen atoms in total. The number of carbonyl (C=O) groups is 3. The lowest BCUT2D eigenvalue weighted by molar-refractivity contribution is -0.139. The molecule has 1 unspecified atom stereocenters. The lowest BCUT2D eigenvalue weighted by Crippen LogP contribution is -2.44. The molecule has 2 aromatic carbocycles. The number of carboxylic acids is 1. The Kier molecular flexibility index (Phi) is 7.76. The molecule has 1 atom stereocenters.